The highest BCUT2D eigenvalue weighted by atomic mass is 32.2. The summed E-state index contributed by atoms with van der Waals surface area (Å²) in [5.74, 6) is -0.404. The number of nitrogens with one attached hydrogen (secondary N) is 1. The number of nitrogens with zero attached hydrogens (tertiary/aromatic N) is 1. The van der Waals surface area contributed by atoms with Crippen molar-refractivity contribution >= 4 is 21.4 Å². The Bertz CT molecular complexity index is 1280. The van der Waals surface area contributed by atoms with Crippen molar-refractivity contribution < 1.29 is 13.2 Å². The fourth-order valence-electron chi connectivity index (χ4n) is 3.44. The van der Waals surface area contributed by atoms with Crippen molar-refractivity contribution in [1.29, 1.82) is 0 Å². The number of aromatic nitrogens is 1. The summed E-state index contributed by atoms with van der Waals surface area (Å²) in [6, 6.07) is 15.1. The number of carbonyl (C=O) groups excluding carboxylic acids is 1. The van der Waals surface area contributed by atoms with Gasteiger partial charge in [0.2, 0.25) is 15.7 Å². The summed E-state index contributed by atoms with van der Waals surface area (Å²) in [5, 5.41) is 2.80. The number of pyridine rings is 1. The minimum atomic E-state index is -4.01. The van der Waals surface area contributed by atoms with Gasteiger partial charge in [0.25, 0.3) is 5.56 Å². The fourth-order valence-corrected chi connectivity index (χ4v) is 5.01. The van der Waals surface area contributed by atoms with Crippen LogP contribution in [0.4, 0.5) is 5.69 Å². The second-order valence-electron chi connectivity index (χ2n) is 7.37. The molecular formula is C23H24N2O4S. The van der Waals surface area contributed by atoms with Gasteiger partial charge in [-0.25, -0.2) is 8.42 Å². The van der Waals surface area contributed by atoms with Gasteiger partial charge in [0.1, 0.15) is 11.4 Å². The highest BCUT2D eigenvalue weighted by Crippen LogP contribution is 2.22. The molecule has 0 bridgehead atoms. The van der Waals surface area contributed by atoms with Gasteiger partial charge in [-0.1, -0.05) is 35.9 Å². The first-order valence-corrected chi connectivity index (χ1v) is 11.0. The molecule has 0 saturated carbocycles. The molecule has 0 radical (unpaired) electrons. The molecule has 0 aliphatic heterocycles. The topological polar surface area (TPSA) is 85.2 Å². The van der Waals surface area contributed by atoms with E-state index in [1.54, 1.807) is 44.2 Å². The normalized spacial score (nSPS) is 11.3. The predicted molar refractivity (Wildman–Crippen MR) is 117 cm³/mol. The Labute approximate surface area is 176 Å². The molecule has 0 aliphatic rings. The zero-order chi connectivity index (χ0) is 22.1. The van der Waals surface area contributed by atoms with Crippen LogP contribution in [-0.4, -0.2) is 18.9 Å². The summed E-state index contributed by atoms with van der Waals surface area (Å²) < 4.78 is 27.4. The second kappa shape index (κ2) is 8.28. The largest absolute Gasteiger partial charge is 0.324 e. The summed E-state index contributed by atoms with van der Waals surface area (Å²) in [5.41, 5.74) is 2.80. The van der Waals surface area contributed by atoms with Crippen LogP contribution in [0.3, 0.4) is 0 Å². The Hall–Kier alpha value is -3.19. The minimum Gasteiger partial charge on any atom is -0.324 e. The molecule has 156 valence electrons. The van der Waals surface area contributed by atoms with E-state index < -0.39 is 21.3 Å². The van der Waals surface area contributed by atoms with Crippen LogP contribution in [0.25, 0.3) is 0 Å². The summed E-state index contributed by atoms with van der Waals surface area (Å²) in [7, 11) is -4.01. The molecule has 0 spiro atoms. The number of aryl methyl sites for hydroxylation is 4. The Kier molecular flexibility index (Phi) is 5.94. The molecule has 7 heteroatoms. The van der Waals surface area contributed by atoms with Crippen LogP contribution < -0.4 is 10.9 Å². The maximum atomic E-state index is 13.1. The van der Waals surface area contributed by atoms with Gasteiger partial charge in [-0.2, -0.15) is 0 Å². The molecule has 1 aromatic heterocycles. The van der Waals surface area contributed by atoms with Gasteiger partial charge in [-0.3, -0.25) is 9.59 Å². The number of benzene rings is 2. The van der Waals surface area contributed by atoms with E-state index in [0.29, 0.717) is 16.9 Å². The Balaban J connectivity index is 1.99. The van der Waals surface area contributed by atoms with Crippen LogP contribution in [0.5, 0.6) is 0 Å². The molecule has 3 rings (SSSR count). The van der Waals surface area contributed by atoms with Crippen molar-refractivity contribution in [2.24, 2.45) is 0 Å². The van der Waals surface area contributed by atoms with Crippen molar-refractivity contribution in [3.05, 3.63) is 87.3 Å². The number of carbonyl (C=O) groups is 1. The van der Waals surface area contributed by atoms with Gasteiger partial charge in [0.05, 0.1) is 4.90 Å². The number of amides is 1. The monoisotopic (exact) mass is 424 g/mol. The minimum absolute atomic E-state index is 0.0420. The molecule has 1 N–H and O–H groups in total. The summed E-state index contributed by atoms with van der Waals surface area (Å²) in [6.45, 7) is 6.83. The molecule has 2 aromatic carbocycles. The van der Waals surface area contributed by atoms with Gasteiger partial charge in [0, 0.05) is 11.4 Å². The van der Waals surface area contributed by atoms with E-state index >= 15 is 0 Å². The maximum Gasteiger partial charge on any atom is 0.270 e. The molecular weight excluding hydrogens is 400 g/mol. The van der Waals surface area contributed by atoms with Crippen molar-refractivity contribution in [2.45, 2.75) is 44.0 Å². The SMILES string of the molecule is Cc1ccc(NC(=O)Cn2c(C)cc(C)c(S(=O)(=O)c3ccccc3)c2=O)c(C)c1. The number of hydrogen-bond acceptors (Lipinski definition) is 4. The van der Waals surface area contributed by atoms with E-state index in [1.165, 1.54) is 16.7 Å². The average molecular weight is 425 g/mol. The van der Waals surface area contributed by atoms with Crippen LogP contribution in [0, 0.1) is 27.7 Å². The molecule has 1 amide bonds. The second-order valence-corrected chi connectivity index (χ2v) is 9.26. The highest BCUT2D eigenvalue weighted by molar-refractivity contribution is 7.91. The summed E-state index contributed by atoms with van der Waals surface area (Å²) in [4.78, 5) is 25.5. The molecule has 6 nitrogen and oxygen atoms in total. The third-order valence-corrected chi connectivity index (χ3v) is 6.86. The average Bonchev–Trinajstić information content (AvgIpc) is 2.67. The molecule has 0 atom stereocenters. The van der Waals surface area contributed by atoms with Crippen LogP contribution in [0.15, 0.2) is 69.2 Å². The van der Waals surface area contributed by atoms with Crippen molar-refractivity contribution in [3.63, 3.8) is 0 Å². The molecule has 30 heavy (non-hydrogen) atoms. The van der Waals surface area contributed by atoms with Crippen LogP contribution in [-0.2, 0) is 21.2 Å². The van der Waals surface area contributed by atoms with Gasteiger partial charge < -0.3 is 9.88 Å². The fraction of sp³-hybridized carbons (Fsp3) is 0.217. The quantitative estimate of drug-likeness (QED) is 0.679. The Morgan fingerprint density at radius 3 is 2.23 bits per heavy atom. The molecule has 0 aliphatic carbocycles. The number of sulfone groups is 1. The van der Waals surface area contributed by atoms with Gasteiger partial charge in [-0.05, 0) is 63.1 Å². The Morgan fingerprint density at radius 2 is 1.60 bits per heavy atom. The van der Waals surface area contributed by atoms with Crippen molar-refractivity contribution in [1.82, 2.24) is 4.57 Å². The lowest BCUT2D eigenvalue weighted by Crippen LogP contribution is -2.33. The van der Waals surface area contributed by atoms with Crippen LogP contribution in [0.2, 0.25) is 0 Å². The lowest BCUT2D eigenvalue weighted by molar-refractivity contribution is -0.116. The first-order valence-electron chi connectivity index (χ1n) is 9.49. The van der Waals surface area contributed by atoms with Crippen LogP contribution >= 0.6 is 0 Å². The van der Waals surface area contributed by atoms with E-state index in [4.69, 9.17) is 0 Å². The molecule has 0 unspecified atom stereocenters. The zero-order valence-corrected chi connectivity index (χ0v) is 18.2. The lowest BCUT2D eigenvalue weighted by Gasteiger charge is -2.15. The molecule has 1 heterocycles. The first-order chi connectivity index (χ1) is 14.1. The smallest absolute Gasteiger partial charge is 0.270 e. The van der Waals surface area contributed by atoms with E-state index in [0.717, 1.165) is 11.1 Å². The summed E-state index contributed by atoms with van der Waals surface area (Å²) >= 11 is 0. The molecule has 0 fully saturated rings. The van der Waals surface area contributed by atoms with Gasteiger partial charge in [0.15, 0.2) is 0 Å². The zero-order valence-electron chi connectivity index (χ0n) is 17.4. The molecule has 3 aromatic rings. The third kappa shape index (κ3) is 4.21. The van der Waals surface area contributed by atoms with E-state index in [1.807, 2.05) is 26.0 Å². The third-order valence-electron chi connectivity index (χ3n) is 4.93. The number of hydrogen-bond donors (Lipinski definition) is 1. The molecule has 0 saturated heterocycles. The van der Waals surface area contributed by atoms with Crippen molar-refractivity contribution in [3.8, 4) is 0 Å². The number of rotatable bonds is 5. The van der Waals surface area contributed by atoms with Crippen LogP contribution in [0.1, 0.15) is 22.4 Å². The first kappa shape index (κ1) is 21.5. The standard InChI is InChI=1S/C23H24N2O4S/c1-15-10-11-20(16(2)12-15)24-21(26)14-25-18(4)13-17(3)22(23(25)27)30(28,29)19-8-6-5-7-9-19/h5-13H,14H2,1-4H3,(H,24,26). The number of anilines is 1. The predicted octanol–water partition coefficient (Wildman–Crippen LogP) is 3.55. The Morgan fingerprint density at radius 1 is 0.933 bits per heavy atom. The van der Waals surface area contributed by atoms with E-state index in [-0.39, 0.29) is 16.3 Å². The van der Waals surface area contributed by atoms with Crippen molar-refractivity contribution in [2.75, 3.05) is 5.32 Å². The lowest BCUT2D eigenvalue weighted by atomic mass is 10.1. The van der Waals surface area contributed by atoms with Gasteiger partial charge >= 0.3 is 0 Å². The van der Waals surface area contributed by atoms with Gasteiger partial charge in [-0.15, -0.1) is 0 Å². The maximum absolute atomic E-state index is 13.1. The van der Waals surface area contributed by atoms with E-state index in [2.05, 4.69) is 5.32 Å². The van der Waals surface area contributed by atoms with E-state index in [9.17, 15) is 18.0 Å². The summed E-state index contributed by atoms with van der Waals surface area (Å²) in [6.07, 6.45) is 0. The highest BCUT2D eigenvalue weighted by Gasteiger charge is 2.26.